The Labute approximate surface area is 77.3 Å². The van der Waals surface area contributed by atoms with Gasteiger partial charge < -0.3 is 4.74 Å². The predicted octanol–water partition coefficient (Wildman–Crippen LogP) is 3.39. The van der Waals surface area contributed by atoms with Gasteiger partial charge in [-0.3, -0.25) is 0 Å². The van der Waals surface area contributed by atoms with Gasteiger partial charge in [-0.2, -0.15) is 13.2 Å². The van der Waals surface area contributed by atoms with E-state index in [1.807, 2.05) is 27.7 Å². The van der Waals surface area contributed by atoms with Crippen molar-refractivity contribution in [3.8, 4) is 0 Å². The lowest BCUT2D eigenvalue weighted by Crippen LogP contribution is -2.32. The van der Waals surface area contributed by atoms with Crippen molar-refractivity contribution in [2.45, 2.75) is 46.4 Å². The fraction of sp³-hybridized carbons (Fsp3) is 1.00. The van der Waals surface area contributed by atoms with Crippen LogP contribution in [-0.2, 0) is 4.74 Å². The van der Waals surface area contributed by atoms with E-state index in [0.717, 1.165) is 0 Å². The lowest BCUT2D eigenvalue weighted by Gasteiger charge is -2.30. The maximum absolute atomic E-state index is 11.8. The first-order valence-corrected chi connectivity index (χ1v) is 4.35. The van der Waals surface area contributed by atoms with Crippen LogP contribution in [0.5, 0.6) is 0 Å². The van der Waals surface area contributed by atoms with Crippen molar-refractivity contribution in [2.24, 2.45) is 5.41 Å². The Balaban J connectivity index is 4.02. The number of hydrogen-bond acceptors (Lipinski definition) is 1. The Morgan fingerprint density at radius 3 is 1.85 bits per heavy atom. The third-order valence-corrected chi connectivity index (χ3v) is 1.78. The molecular formula is C9H17F3O. The molecule has 0 saturated carbocycles. The van der Waals surface area contributed by atoms with Gasteiger partial charge in [-0.1, -0.05) is 27.7 Å². The van der Waals surface area contributed by atoms with E-state index in [2.05, 4.69) is 0 Å². The highest BCUT2D eigenvalue weighted by atomic mass is 19.4. The van der Waals surface area contributed by atoms with Crippen molar-refractivity contribution in [1.29, 1.82) is 0 Å². The Morgan fingerprint density at radius 1 is 1.15 bits per heavy atom. The Bertz CT molecular complexity index is 146. The van der Waals surface area contributed by atoms with Crippen LogP contribution < -0.4 is 0 Å². The van der Waals surface area contributed by atoms with Gasteiger partial charge in [0.25, 0.3) is 0 Å². The van der Waals surface area contributed by atoms with Crippen LogP contribution in [0.25, 0.3) is 0 Å². The molecule has 0 N–H and O–H groups in total. The van der Waals surface area contributed by atoms with Gasteiger partial charge in [-0.15, -0.1) is 0 Å². The molecule has 0 heterocycles. The lowest BCUT2D eigenvalue weighted by atomic mass is 9.87. The summed E-state index contributed by atoms with van der Waals surface area (Å²) in [5.41, 5.74) is -0.236. The molecule has 0 spiro atoms. The molecule has 0 saturated heterocycles. The molecular weight excluding hydrogens is 181 g/mol. The second-order valence-corrected chi connectivity index (χ2v) is 4.19. The largest absolute Gasteiger partial charge is 0.411 e. The average Bonchev–Trinajstić information content (AvgIpc) is 1.82. The Kier molecular flexibility index (Phi) is 4.23. The van der Waals surface area contributed by atoms with Crippen molar-refractivity contribution >= 4 is 0 Å². The van der Waals surface area contributed by atoms with Crippen molar-refractivity contribution in [1.82, 2.24) is 0 Å². The molecule has 1 unspecified atom stereocenters. The van der Waals surface area contributed by atoms with E-state index >= 15 is 0 Å². The van der Waals surface area contributed by atoms with E-state index in [-0.39, 0.29) is 11.5 Å². The van der Waals surface area contributed by atoms with E-state index in [1.165, 1.54) is 0 Å². The van der Waals surface area contributed by atoms with Gasteiger partial charge in [0, 0.05) is 0 Å². The second-order valence-electron chi connectivity index (χ2n) is 4.19. The van der Waals surface area contributed by atoms with E-state index < -0.39 is 12.8 Å². The summed E-state index contributed by atoms with van der Waals surface area (Å²) in [6.07, 6.45) is -3.97. The first-order chi connectivity index (χ1) is 5.67. The number of rotatable bonds is 3. The highest BCUT2D eigenvalue weighted by molar-refractivity contribution is 4.73. The highest BCUT2D eigenvalue weighted by Crippen LogP contribution is 2.26. The molecule has 4 heteroatoms. The van der Waals surface area contributed by atoms with Crippen LogP contribution in [0.4, 0.5) is 13.2 Å². The fourth-order valence-corrected chi connectivity index (χ4v) is 1.18. The van der Waals surface area contributed by atoms with Gasteiger partial charge in [-0.25, -0.2) is 0 Å². The summed E-state index contributed by atoms with van der Waals surface area (Å²) in [6, 6.07) is 0. The topological polar surface area (TPSA) is 9.23 Å². The summed E-state index contributed by atoms with van der Waals surface area (Å²) in [5.74, 6) is 0. The molecule has 0 aromatic carbocycles. The molecule has 0 aromatic rings. The standard InChI is InChI=1S/C9H17F3O/c1-5-7(8(2,3)4)13-6-9(10,11)12/h7H,5-6H2,1-4H3. The van der Waals surface area contributed by atoms with Crippen LogP contribution in [0.3, 0.4) is 0 Å². The predicted molar refractivity (Wildman–Crippen MR) is 45.5 cm³/mol. The van der Waals surface area contributed by atoms with Crippen molar-refractivity contribution < 1.29 is 17.9 Å². The molecule has 0 aliphatic heterocycles. The number of hydrogen-bond donors (Lipinski definition) is 0. The fourth-order valence-electron chi connectivity index (χ4n) is 1.18. The molecule has 0 fully saturated rings. The van der Waals surface area contributed by atoms with Crippen LogP contribution in [-0.4, -0.2) is 18.9 Å². The molecule has 1 nitrogen and oxygen atoms in total. The van der Waals surface area contributed by atoms with Crippen LogP contribution in [0, 0.1) is 5.41 Å². The maximum Gasteiger partial charge on any atom is 0.411 e. The normalized spacial score (nSPS) is 15.9. The minimum atomic E-state index is -4.22. The van der Waals surface area contributed by atoms with Gasteiger partial charge in [0.1, 0.15) is 6.61 Å². The number of alkyl halides is 3. The number of halogens is 3. The quantitative estimate of drug-likeness (QED) is 0.675. The van der Waals surface area contributed by atoms with Crippen LogP contribution >= 0.6 is 0 Å². The summed E-state index contributed by atoms with van der Waals surface area (Å²) in [6.45, 7) is 6.29. The molecule has 0 rings (SSSR count). The van der Waals surface area contributed by atoms with E-state index in [9.17, 15) is 13.2 Å². The summed E-state index contributed by atoms with van der Waals surface area (Å²) >= 11 is 0. The molecule has 0 aliphatic rings. The monoisotopic (exact) mass is 198 g/mol. The summed E-state index contributed by atoms with van der Waals surface area (Å²) in [5, 5.41) is 0. The molecule has 0 radical (unpaired) electrons. The molecule has 13 heavy (non-hydrogen) atoms. The van der Waals surface area contributed by atoms with E-state index in [1.54, 1.807) is 0 Å². The van der Waals surface area contributed by atoms with Crippen LogP contribution in [0.2, 0.25) is 0 Å². The number of ether oxygens (including phenoxy) is 1. The van der Waals surface area contributed by atoms with Gasteiger partial charge >= 0.3 is 6.18 Å². The van der Waals surface area contributed by atoms with Crippen molar-refractivity contribution in [2.75, 3.05) is 6.61 Å². The smallest absolute Gasteiger partial charge is 0.368 e. The first-order valence-electron chi connectivity index (χ1n) is 4.35. The first kappa shape index (κ1) is 12.8. The summed E-state index contributed by atoms with van der Waals surface area (Å²) in [4.78, 5) is 0. The van der Waals surface area contributed by atoms with Gasteiger partial charge in [0.15, 0.2) is 0 Å². The Morgan fingerprint density at radius 2 is 1.62 bits per heavy atom. The van der Waals surface area contributed by atoms with Gasteiger partial charge in [-0.05, 0) is 11.8 Å². The molecule has 0 aromatic heterocycles. The average molecular weight is 198 g/mol. The zero-order chi connectivity index (χ0) is 10.7. The van der Waals surface area contributed by atoms with Crippen molar-refractivity contribution in [3.05, 3.63) is 0 Å². The van der Waals surface area contributed by atoms with E-state index in [0.29, 0.717) is 6.42 Å². The molecule has 80 valence electrons. The summed E-state index contributed by atoms with van der Waals surface area (Å²) < 4.78 is 40.2. The van der Waals surface area contributed by atoms with E-state index in [4.69, 9.17) is 4.74 Å². The SMILES string of the molecule is CCC(OCC(F)(F)F)C(C)(C)C. The minimum absolute atomic E-state index is 0.236. The molecule has 0 aliphatic carbocycles. The zero-order valence-corrected chi connectivity index (χ0v) is 8.53. The van der Waals surface area contributed by atoms with Crippen LogP contribution in [0.15, 0.2) is 0 Å². The zero-order valence-electron chi connectivity index (χ0n) is 8.53. The van der Waals surface area contributed by atoms with Gasteiger partial charge in [0.2, 0.25) is 0 Å². The van der Waals surface area contributed by atoms with Crippen LogP contribution in [0.1, 0.15) is 34.1 Å². The third kappa shape index (κ3) is 5.91. The second kappa shape index (κ2) is 4.31. The van der Waals surface area contributed by atoms with Gasteiger partial charge in [0.05, 0.1) is 6.10 Å². The molecule has 1 atom stereocenters. The Hall–Kier alpha value is -0.250. The summed E-state index contributed by atoms with van der Waals surface area (Å²) in [7, 11) is 0. The molecule has 0 bridgehead atoms. The lowest BCUT2D eigenvalue weighted by molar-refractivity contribution is -0.195. The highest BCUT2D eigenvalue weighted by Gasteiger charge is 2.32. The maximum atomic E-state index is 11.8. The molecule has 0 amide bonds. The third-order valence-electron chi connectivity index (χ3n) is 1.78. The minimum Gasteiger partial charge on any atom is -0.368 e. The van der Waals surface area contributed by atoms with Crippen molar-refractivity contribution in [3.63, 3.8) is 0 Å².